The van der Waals surface area contributed by atoms with Crippen molar-refractivity contribution in [3.8, 4) is 0 Å². The second-order valence-electron chi connectivity index (χ2n) is 6.32. The van der Waals surface area contributed by atoms with Gasteiger partial charge in [0.15, 0.2) is 0 Å². The minimum absolute atomic E-state index is 0.924. The largest absolute Gasteiger partial charge is 0.0654 e. The monoisotopic (exact) mass is 240 g/mol. The highest BCUT2D eigenvalue weighted by atomic mass is 14.3. The van der Waals surface area contributed by atoms with Crippen molar-refractivity contribution in [2.45, 2.75) is 92.4 Å². The summed E-state index contributed by atoms with van der Waals surface area (Å²) in [4.78, 5) is 0. The average molecular weight is 240 g/mol. The van der Waals surface area contributed by atoms with Gasteiger partial charge in [0.05, 0.1) is 0 Å². The third kappa shape index (κ3) is 9.68. The molecule has 1 fully saturated rings. The van der Waals surface area contributed by atoms with E-state index >= 15 is 0 Å². The lowest BCUT2D eigenvalue weighted by atomic mass is 9.78. The second kappa shape index (κ2) is 11.1. The van der Waals surface area contributed by atoms with E-state index in [-0.39, 0.29) is 0 Å². The number of hydrogen-bond acceptors (Lipinski definition) is 0. The SMILES string of the molecule is CC1CCC(C(C)C)CC1.CCCCCCC. The Balaban J connectivity index is 0.000000325. The van der Waals surface area contributed by atoms with Crippen molar-refractivity contribution >= 4 is 0 Å². The van der Waals surface area contributed by atoms with Gasteiger partial charge in [-0.2, -0.15) is 0 Å². The zero-order valence-corrected chi connectivity index (χ0v) is 13.1. The van der Waals surface area contributed by atoms with Crippen LogP contribution in [-0.4, -0.2) is 0 Å². The molecule has 1 aliphatic carbocycles. The molecule has 0 nitrogen and oxygen atoms in total. The van der Waals surface area contributed by atoms with E-state index in [0.717, 1.165) is 17.8 Å². The Morgan fingerprint density at radius 3 is 1.65 bits per heavy atom. The van der Waals surface area contributed by atoms with Gasteiger partial charge in [-0.1, -0.05) is 79.6 Å². The summed E-state index contributed by atoms with van der Waals surface area (Å²) in [6.45, 7) is 11.6. The van der Waals surface area contributed by atoms with Crippen molar-refractivity contribution in [1.82, 2.24) is 0 Å². The summed E-state index contributed by atoms with van der Waals surface area (Å²) >= 11 is 0. The van der Waals surface area contributed by atoms with Crippen molar-refractivity contribution in [2.75, 3.05) is 0 Å². The number of rotatable bonds is 5. The van der Waals surface area contributed by atoms with Crippen LogP contribution in [0.25, 0.3) is 0 Å². The predicted octanol–water partition coefficient (Wildman–Crippen LogP) is 6.45. The molecule has 0 amide bonds. The average Bonchev–Trinajstić information content (AvgIpc) is 2.31. The lowest BCUT2D eigenvalue weighted by Gasteiger charge is -2.28. The maximum atomic E-state index is 2.39. The van der Waals surface area contributed by atoms with Crippen molar-refractivity contribution in [3.05, 3.63) is 0 Å². The molecule has 1 aliphatic rings. The fraction of sp³-hybridized carbons (Fsp3) is 1.00. The summed E-state index contributed by atoms with van der Waals surface area (Å²) in [6, 6.07) is 0. The minimum atomic E-state index is 0.924. The van der Waals surface area contributed by atoms with E-state index < -0.39 is 0 Å². The Morgan fingerprint density at radius 2 is 1.29 bits per heavy atom. The molecule has 104 valence electrons. The third-order valence-electron chi connectivity index (χ3n) is 4.21. The van der Waals surface area contributed by atoms with Crippen LogP contribution in [0.3, 0.4) is 0 Å². The first-order valence-electron chi connectivity index (χ1n) is 8.11. The number of hydrogen-bond donors (Lipinski definition) is 0. The van der Waals surface area contributed by atoms with Crippen molar-refractivity contribution < 1.29 is 0 Å². The Labute approximate surface area is 111 Å². The van der Waals surface area contributed by atoms with E-state index in [1.165, 1.54) is 57.8 Å². The van der Waals surface area contributed by atoms with Crippen LogP contribution >= 0.6 is 0 Å². The van der Waals surface area contributed by atoms with E-state index in [2.05, 4.69) is 34.6 Å². The van der Waals surface area contributed by atoms with E-state index in [9.17, 15) is 0 Å². The van der Waals surface area contributed by atoms with Crippen LogP contribution in [0.4, 0.5) is 0 Å². The molecule has 17 heavy (non-hydrogen) atoms. The molecule has 0 atom stereocenters. The van der Waals surface area contributed by atoms with Gasteiger partial charge in [0.2, 0.25) is 0 Å². The summed E-state index contributed by atoms with van der Waals surface area (Å²) in [5, 5.41) is 0. The summed E-state index contributed by atoms with van der Waals surface area (Å²) in [5.41, 5.74) is 0. The van der Waals surface area contributed by atoms with E-state index in [1.54, 1.807) is 0 Å². The Bertz CT molecular complexity index is 136. The molecule has 0 spiro atoms. The van der Waals surface area contributed by atoms with Crippen LogP contribution in [0.5, 0.6) is 0 Å². The summed E-state index contributed by atoms with van der Waals surface area (Å²) in [7, 11) is 0. The lowest BCUT2D eigenvalue weighted by Crippen LogP contribution is -2.16. The zero-order valence-electron chi connectivity index (χ0n) is 13.1. The van der Waals surface area contributed by atoms with Crippen LogP contribution in [0.1, 0.15) is 92.4 Å². The summed E-state index contributed by atoms with van der Waals surface area (Å²) in [6.07, 6.45) is 12.9. The summed E-state index contributed by atoms with van der Waals surface area (Å²) < 4.78 is 0. The maximum Gasteiger partial charge on any atom is -0.0391 e. The molecule has 0 unspecified atom stereocenters. The van der Waals surface area contributed by atoms with Crippen LogP contribution in [0, 0.1) is 17.8 Å². The van der Waals surface area contributed by atoms with Gasteiger partial charge >= 0.3 is 0 Å². The Hall–Kier alpha value is 0. The van der Waals surface area contributed by atoms with Crippen LogP contribution in [0.2, 0.25) is 0 Å². The first-order valence-corrected chi connectivity index (χ1v) is 8.11. The third-order valence-corrected chi connectivity index (χ3v) is 4.21. The first-order chi connectivity index (χ1) is 8.11. The zero-order chi connectivity index (χ0) is 13.1. The molecule has 0 bridgehead atoms. The van der Waals surface area contributed by atoms with Crippen LogP contribution in [0.15, 0.2) is 0 Å². The van der Waals surface area contributed by atoms with Gasteiger partial charge < -0.3 is 0 Å². The van der Waals surface area contributed by atoms with E-state index in [1.807, 2.05) is 0 Å². The second-order valence-corrected chi connectivity index (χ2v) is 6.32. The van der Waals surface area contributed by atoms with Crippen molar-refractivity contribution in [1.29, 1.82) is 0 Å². The van der Waals surface area contributed by atoms with Gasteiger partial charge in [-0.15, -0.1) is 0 Å². The predicted molar refractivity (Wildman–Crippen MR) is 80.4 cm³/mol. The molecular formula is C17H36. The van der Waals surface area contributed by atoms with Gasteiger partial charge in [-0.3, -0.25) is 0 Å². The topological polar surface area (TPSA) is 0 Å². The van der Waals surface area contributed by atoms with Crippen LogP contribution < -0.4 is 0 Å². The summed E-state index contributed by atoms with van der Waals surface area (Å²) in [5.74, 6) is 2.97. The standard InChI is InChI=1S/C10H20.C7H16/c1-8(2)10-6-4-9(3)5-7-10;1-3-5-7-6-4-2/h8-10H,4-7H2,1-3H3;3-7H2,1-2H3. The highest BCUT2D eigenvalue weighted by Gasteiger charge is 2.19. The highest BCUT2D eigenvalue weighted by molar-refractivity contribution is 4.71. The smallest absolute Gasteiger partial charge is 0.0391 e. The highest BCUT2D eigenvalue weighted by Crippen LogP contribution is 2.32. The molecule has 0 aromatic rings. The fourth-order valence-electron chi connectivity index (χ4n) is 2.63. The molecule has 0 aromatic carbocycles. The molecule has 0 saturated heterocycles. The molecule has 1 rings (SSSR count). The molecular weight excluding hydrogens is 204 g/mol. The molecule has 0 N–H and O–H groups in total. The van der Waals surface area contributed by atoms with E-state index in [0.29, 0.717) is 0 Å². The Kier molecular flexibility index (Phi) is 11.1. The van der Waals surface area contributed by atoms with Gasteiger partial charge in [0, 0.05) is 0 Å². The quantitative estimate of drug-likeness (QED) is 0.485. The molecule has 0 aromatic heterocycles. The normalized spacial score (nSPS) is 24.4. The van der Waals surface area contributed by atoms with Gasteiger partial charge in [-0.25, -0.2) is 0 Å². The number of unbranched alkanes of at least 4 members (excludes halogenated alkanes) is 4. The molecule has 0 heterocycles. The fourth-order valence-corrected chi connectivity index (χ4v) is 2.63. The molecule has 0 heteroatoms. The Morgan fingerprint density at radius 1 is 0.824 bits per heavy atom. The first kappa shape index (κ1) is 17.0. The minimum Gasteiger partial charge on any atom is -0.0654 e. The maximum absolute atomic E-state index is 2.39. The lowest BCUT2D eigenvalue weighted by molar-refractivity contribution is 0.234. The van der Waals surface area contributed by atoms with E-state index in [4.69, 9.17) is 0 Å². The van der Waals surface area contributed by atoms with Gasteiger partial charge in [-0.05, 0) is 30.6 Å². The molecule has 0 radical (unpaired) electrons. The molecule has 1 saturated carbocycles. The van der Waals surface area contributed by atoms with Crippen molar-refractivity contribution in [3.63, 3.8) is 0 Å². The molecule has 0 aliphatic heterocycles. The van der Waals surface area contributed by atoms with Crippen molar-refractivity contribution in [2.24, 2.45) is 17.8 Å². The van der Waals surface area contributed by atoms with Crippen LogP contribution in [-0.2, 0) is 0 Å². The van der Waals surface area contributed by atoms with Gasteiger partial charge in [0.25, 0.3) is 0 Å². The van der Waals surface area contributed by atoms with Gasteiger partial charge in [0.1, 0.15) is 0 Å².